The summed E-state index contributed by atoms with van der Waals surface area (Å²) in [4.78, 5) is 30.0. The predicted octanol–water partition coefficient (Wildman–Crippen LogP) is 4.09. The standard InChI is InChI=1S/C24H26N6O2/c1-24(2,3)29-13-15-12-16(6-7-17(15)23(29)32)27-21-20-19(9-11-26-22(20)31)30(28-21)18(8-10-25)14-4-5-14/h6-7,9,11-12,14,18H,4-5,8,13H2,1-3H3,(H,26,31)(H,27,28). The molecule has 1 aliphatic carbocycles. The number of H-pyrrole nitrogens is 1. The first-order valence-electron chi connectivity index (χ1n) is 11.0. The molecule has 8 nitrogen and oxygen atoms in total. The lowest BCUT2D eigenvalue weighted by Crippen LogP contribution is -2.41. The predicted molar refractivity (Wildman–Crippen MR) is 122 cm³/mol. The maximum atomic E-state index is 12.8. The molecular weight excluding hydrogens is 404 g/mol. The van der Waals surface area contributed by atoms with Crippen LogP contribution in [0.2, 0.25) is 0 Å². The molecule has 1 unspecified atom stereocenters. The van der Waals surface area contributed by atoms with E-state index in [4.69, 9.17) is 5.10 Å². The molecule has 3 heterocycles. The molecular formula is C24H26N6O2. The Balaban J connectivity index is 1.53. The molecule has 1 fully saturated rings. The SMILES string of the molecule is CC(C)(C)N1Cc2cc(Nc3nn(C(CC#N)C4CC4)c4cc[nH]c(=O)c34)ccc2C1=O. The van der Waals surface area contributed by atoms with E-state index in [1.165, 1.54) is 0 Å². The van der Waals surface area contributed by atoms with E-state index >= 15 is 0 Å². The molecule has 164 valence electrons. The third-order valence-electron chi connectivity index (χ3n) is 6.39. The molecule has 8 heteroatoms. The summed E-state index contributed by atoms with van der Waals surface area (Å²) in [7, 11) is 0. The van der Waals surface area contributed by atoms with E-state index in [1.807, 2.05) is 54.6 Å². The zero-order chi connectivity index (χ0) is 22.6. The fourth-order valence-corrected chi connectivity index (χ4v) is 4.54. The first kappa shape index (κ1) is 20.3. The van der Waals surface area contributed by atoms with Gasteiger partial charge in [0.15, 0.2) is 5.82 Å². The number of hydrogen-bond donors (Lipinski definition) is 2. The zero-order valence-electron chi connectivity index (χ0n) is 18.5. The summed E-state index contributed by atoms with van der Waals surface area (Å²) in [5.74, 6) is 0.913. The lowest BCUT2D eigenvalue weighted by atomic mass is 10.1. The summed E-state index contributed by atoms with van der Waals surface area (Å²) in [6.45, 7) is 6.63. The fourth-order valence-electron chi connectivity index (χ4n) is 4.54. The molecule has 1 amide bonds. The van der Waals surface area contributed by atoms with E-state index in [-0.39, 0.29) is 23.0 Å². The Bertz CT molecular complexity index is 1320. The van der Waals surface area contributed by atoms with Crippen LogP contribution >= 0.6 is 0 Å². The minimum atomic E-state index is -0.259. The zero-order valence-corrected chi connectivity index (χ0v) is 18.5. The van der Waals surface area contributed by atoms with E-state index in [1.54, 1.807) is 6.20 Å². The van der Waals surface area contributed by atoms with Gasteiger partial charge in [0.1, 0.15) is 5.39 Å². The van der Waals surface area contributed by atoms with Crippen LogP contribution in [0.15, 0.2) is 35.3 Å². The molecule has 2 N–H and O–H groups in total. The van der Waals surface area contributed by atoms with Crippen molar-refractivity contribution < 1.29 is 4.79 Å². The number of hydrogen-bond acceptors (Lipinski definition) is 5. The second-order valence-electron chi connectivity index (χ2n) is 9.69. The highest BCUT2D eigenvalue weighted by atomic mass is 16.2. The Morgan fingerprint density at radius 2 is 2.06 bits per heavy atom. The summed E-state index contributed by atoms with van der Waals surface area (Å²) in [6.07, 6.45) is 4.12. The van der Waals surface area contributed by atoms with Crippen LogP contribution in [-0.2, 0) is 6.54 Å². The number of carbonyl (C=O) groups excluding carboxylic acids is 1. The smallest absolute Gasteiger partial charge is 0.261 e. The molecule has 1 atom stereocenters. The van der Waals surface area contributed by atoms with Crippen molar-refractivity contribution in [2.24, 2.45) is 5.92 Å². The Hall–Kier alpha value is -3.60. The molecule has 3 aromatic rings. The van der Waals surface area contributed by atoms with Crippen molar-refractivity contribution in [1.82, 2.24) is 19.7 Å². The van der Waals surface area contributed by atoms with Crippen molar-refractivity contribution >= 4 is 28.3 Å². The topological polar surface area (TPSA) is 107 Å². The summed E-state index contributed by atoms with van der Waals surface area (Å²) < 4.78 is 1.84. The van der Waals surface area contributed by atoms with Gasteiger partial charge in [-0.3, -0.25) is 14.3 Å². The van der Waals surface area contributed by atoms with E-state index in [9.17, 15) is 14.9 Å². The van der Waals surface area contributed by atoms with Crippen molar-refractivity contribution in [3.05, 3.63) is 51.9 Å². The van der Waals surface area contributed by atoms with E-state index in [0.717, 1.165) is 29.6 Å². The Morgan fingerprint density at radius 1 is 1.28 bits per heavy atom. The van der Waals surface area contributed by atoms with Gasteiger partial charge in [0.05, 0.1) is 24.0 Å². The van der Waals surface area contributed by atoms with Gasteiger partial charge in [-0.2, -0.15) is 10.4 Å². The number of aromatic nitrogens is 3. The van der Waals surface area contributed by atoms with E-state index in [2.05, 4.69) is 16.4 Å². The van der Waals surface area contributed by atoms with Crippen molar-refractivity contribution in [2.75, 3.05) is 5.32 Å². The molecule has 32 heavy (non-hydrogen) atoms. The molecule has 2 aliphatic rings. The molecule has 5 rings (SSSR count). The average Bonchev–Trinajstić information content (AvgIpc) is 3.43. The molecule has 0 spiro atoms. The van der Waals surface area contributed by atoms with Crippen molar-refractivity contribution in [1.29, 1.82) is 5.26 Å². The van der Waals surface area contributed by atoms with Crippen LogP contribution in [0.1, 0.15) is 62.0 Å². The third-order valence-corrected chi connectivity index (χ3v) is 6.39. The van der Waals surface area contributed by atoms with Gasteiger partial charge >= 0.3 is 0 Å². The summed E-state index contributed by atoms with van der Waals surface area (Å²) in [6, 6.07) is 9.69. The summed E-state index contributed by atoms with van der Waals surface area (Å²) in [5, 5.41) is 17.8. The number of anilines is 2. The van der Waals surface area contributed by atoms with Gasteiger partial charge in [-0.05, 0) is 69.4 Å². The number of aromatic amines is 1. The van der Waals surface area contributed by atoms with Gasteiger partial charge in [-0.25, -0.2) is 0 Å². The minimum Gasteiger partial charge on any atom is -0.338 e. The van der Waals surface area contributed by atoms with Crippen molar-refractivity contribution in [2.45, 2.75) is 58.2 Å². The highest BCUT2D eigenvalue weighted by Crippen LogP contribution is 2.43. The van der Waals surface area contributed by atoms with Crippen LogP contribution in [0.3, 0.4) is 0 Å². The van der Waals surface area contributed by atoms with E-state index < -0.39 is 0 Å². The van der Waals surface area contributed by atoms with Gasteiger partial charge in [-0.15, -0.1) is 0 Å². The monoisotopic (exact) mass is 430 g/mol. The van der Waals surface area contributed by atoms with Crippen molar-refractivity contribution in [3.8, 4) is 6.07 Å². The van der Waals surface area contributed by atoms with Gasteiger partial charge in [-0.1, -0.05) is 0 Å². The maximum absolute atomic E-state index is 12.8. The number of pyridine rings is 1. The number of nitrogens with zero attached hydrogens (tertiary/aromatic N) is 4. The first-order valence-corrected chi connectivity index (χ1v) is 11.0. The number of nitriles is 1. The van der Waals surface area contributed by atoms with Crippen LogP contribution in [0.4, 0.5) is 11.5 Å². The van der Waals surface area contributed by atoms with Crippen molar-refractivity contribution in [3.63, 3.8) is 0 Å². The molecule has 1 aliphatic heterocycles. The third kappa shape index (κ3) is 3.34. The highest BCUT2D eigenvalue weighted by molar-refractivity contribution is 5.99. The molecule has 0 radical (unpaired) electrons. The molecule has 2 aromatic heterocycles. The molecule has 1 saturated carbocycles. The molecule has 0 saturated heterocycles. The van der Waals surface area contributed by atoms with Gasteiger partial charge in [0.25, 0.3) is 11.5 Å². The van der Waals surface area contributed by atoms with Crippen LogP contribution in [-0.4, -0.2) is 31.1 Å². The average molecular weight is 431 g/mol. The highest BCUT2D eigenvalue weighted by Gasteiger charge is 2.36. The van der Waals surface area contributed by atoms with E-state index in [0.29, 0.717) is 35.7 Å². The number of amides is 1. The number of fused-ring (bicyclic) bond motifs is 2. The second kappa shape index (κ2) is 7.23. The van der Waals surface area contributed by atoms with Gasteiger partial charge in [0, 0.05) is 29.5 Å². The summed E-state index contributed by atoms with van der Waals surface area (Å²) in [5.41, 5.74) is 2.67. The number of rotatable bonds is 5. The minimum absolute atomic E-state index is 0.0361. The lowest BCUT2D eigenvalue weighted by Gasteiger charge is -2.31. The maximum Gasteiger partial charge on any atom is 0.261 e. The normalized spacial score (nSPS) is 16.8. The Labute approximate surface area is 185 Å². The number of carbonyl (C=O) groups is 1. The van der Waals surface area contributed by atoms with Crippen LogP contribution < -0.4 is 10.9 Å². The van der Waals surface area contributed by atoms with Crippen LogP contribution in [0.25, 0.3) is 10.9 Å². The quantitative estimate of drug-likeness (QED) is 0.634. The number of benzene rings is 1. The first-order chi connectivity index (χ1) is 15.3. The largest absolute Gasteiger partial charge is 0.338 e. The Kier molecular flexibility index (Phi) is 4.59. The van der Waals surface area contributed by atoms with Gasteiger partial charge in [0.2, 0.25) is 0 Å². The second-order valence-corrected chi connectivity index (χ2v) is 9.69. The lowest BCUT2D eigenvalue weighted by molar-refractivity contribution is 0.0609. The molecule has 1 aromatic carbocycles. The summed E-state index contributed by atoms with van der Waals surface area (Å²) >= 11 is 0. The van der Waals surface area contributed by atoms with Crippen LogP contribution in [0.5, 0.6) is 0 Å². The number of nitrogens with one attached hydrogen (secondary N) is 2. The van der Waals surface area contributed by atoms with Crippen LogP contribution in [0, 0.1) is 17.2 Å². The fraction of sp³-hybridized carbons (Fsp3) is 0.417. The molecule has 0 bridgehead atoms. The Morgan fingerprint density at radius 3 is 2.75 bits per heavy atom. The van der Waals surface area contributed by atoms with Gasteiger partial charge < -0.3 is 15.2 Å².